The van der Waals surface area contributed by atoms with Crippen molar-refractivity contribution in [2.24, 2.45) is 0 Å². The molecule has 6 heteroatoms. The Labute approximate surface area is 124 Å². The van der Waals surface area contributed by atoms with E-state index in [0.29, 0.717) is 22.0 Å². The van der Waals surface area contributed by atoms with E-state index in [1.807, 2.05) is 6.92 Å². The highest BCUT2D eigenvalue weighted by Gasteiger charge is 2.12. The summed E-state index contributed by atoms with van der Waals surface area (Å²) in [5.74, 6) is -0.339. The van der Waals surface area contributed by atoms with E-state index in [0.717, 1.165) is 10.2 Å². The molecule has 3 N–H and O–H groups in total. The number of nitrogens with two attached hydrogens (primary N) is 1. The molecule has 0 atom stereocenters. The molecule has 4 nitrogen and oxygen atoms in total. The van der Waals surface area contributed by atoms with Crippen molar-refractivity contribution in [3.63, 3.8) is 0 Å². The summed E-state index contributed by atoms with van der Waals surface area (Å²) in [6.07, 6.45) is 1.45. The van der Waals surface area contributed by atoms with Gasteiger partial charge in [0.15, 0.2) is 0 Å². The van der Waals surface area contributed by atoms with Crippen LogP contribution in [0, 0.1) is 6.92 Å². The zero-order valence-electron chi connectivity index (χ0n) is 10.1. The minimum atomic E-state index is -0.339. The van der Waals surface area contributed by atoms with Crippen LogP contribution in [0.5, 0.6) is 0 Å². The molecule has 0 spiro atoms. The molecule has 0 saturated carbocycles. The molecule has 2 rings (SSSR count). The van der Waals surface area contributed by atoms with Crippen molar-refractivity contribution in [1.29, 1.82) is 0 Å². The number of carbonyl (C=O) groups excluding carboxylic acids is 1. The van der Waals surface area contributed by atoms with Crippen molar-refractivity contribution in [1.82, 2.24) is 4.98 Å². The largest absolute Gasteiger partial charge is 0.398 e. The van der Waals surface area contributed by atoms with Gasteiger partial charge in [-0.15, -0.1) is 0 Å². The van der Waals surface area contributed by atoms with Gasteiger partial charge in [-0.1, -0.05) is 27.5 Å². The first kappa shape index (κ1) is 13.8. The number of carbonyl (C=O) groups is 1. The van der Waals surface area contributed by atoms with Crippen molar-refractivity contribution in [2.75, 3.05) is 11.1 Å². The normalized spacial score (nSPS) is 10.3. The standard InChI is InChI=1S/C13H11BrClN3O/c1-7-4-11(16)9(6-17-7)13(19)18-12-3-2-8(14)5-10(12)15/h2-6H,1H3,(H2,16,17)(H,18,19). The molecule has 1 heterocycles. The molecule has 1 aromatic carbocycles. The highest BCUT2D eigenvalue weighted by molar-refractivity contribution is 9.10. The zero-order chi connectivity index (χ0) is 14.0. The van der Waals surface area contributed by atoms with Crippen LogP contribution in [0.1, 0.15) is 16.1 Å². The second-order valence-corrected chi connectivity index (χ2v) is 5.31. The van der Waals surface area contributed by atoms with Gasteiger partial charge in [0.1, 0.15) is 0 Å². The maximum absolute atomic E-state index is 12.1. The van der Waals surface area contributed by atoms with Crippen LogP contribution < -0.4 is 11.1 Å². The van der Waals surface area contributed by atoms with Gasteiger partial charge < -0.3 is 11.1 Å². The summed E-state index contributed by atoms with van der Waals surface area (Å²) in [4.78, 5) is 16.1. The molecule has 19 heavy (non-hydrogen) atoms. The lowest BCUT2D eigenvalue weighted by Crippen LogP contribution is -2.15. The number of amides is 1. The molecular weight excluding hydrogens is 330 g/mol. The number of rotatable bonds is 2. The molecule has 0 bridgehead atoms. The van der Waals surface area contributed by atoms with Gasteiger partial charge in [0, 0.05) is 22.1 Å². The SMILES string of the molecule is Cc1cc(N)c(C(=O)Nc2ccc(Br)cc2Cl)cn1. The zero-order valence-corrected chi connectivity index (χ0v) is 12.4. The fraction of sp³-hybridized carbons (Fsp3) is 0.0769. The highest BCUT2D eigenvalue weighted by atomic mass is 79.9. The monoisotopic (exact) mass is 339 g/mol. The Bertz CT molecular complexity index is 646. The number of aromatic nitrogens is 1. The van der Waals surface area contributed by atoms with E-state index in [1.54, 1.807) is 24.3 Å². The smallest absolute Gasteiger partial charge is 0.259 e. The Hall–Kier alpha value is -1.59. The van der Waals surface area contributed by atoms with Crippen molar-refractivity contribution in [3.05, 3.63) is 51.2 Å². The topological polar surface area (TPSA) is 68.0 Å². The molecule has 2 aromatic rings. The summed E-state index contributed by atoms with van der Waals surface area (Å²) in [6.45, 7) is 1.81. The van der Waals surface area contributed by atoms with Crippen LogP contribution in [0.25, 0.3) is 0 Å². The van der Waals surface area contributed by atoms with Crippen LogP contribution in [-0.4, -0.2) is 10.9 Å². The lowest BCUT2D eigenvalue weighted by Gasteiger charge is -2.09. The minimum Gasteiger partial charge on any atom is -0.398 e. The van der Waals surface area contributed by atoms with Gasteiger partial charge in [0.25, 0.3) is 5.91 Å². The average Bonchev–Trinajstić information content (AvgIpc) is 2.32. The lowest BCUT2D eigenvalue weighted by molar-refractivity contribution is 0.102. The molecule has 1 aromatic heterocycles. The first-order valence-electron chi connectivity index (χ1n) is 5.46. The third-order valence-corrected chi connectivity index (χ3v) is 3.30. The van der Waals surface area contributed by atoms with Crippen molar-refractivity contribution < 1.29 is 4.79 Å². The molecule has 1 amide bonds. The summed E-state index contributed by atoms with van der Waals surface area (Å²) in [5.41, 5.74) is 7.79. The van der Waals surface area contributed by atoms with E-state index in [9.17, 15) is 4.79 Å². The van der Waals surface area contributed by atoms with Crippen LogP contribution >= 0.6 is 27.5 Å². The van der Waals surface area contributed by atoms with E-state index in [4.69, 9.17) is 17.3 Å². The van der Waals surface area contributed by atoms with Gasteiger partial charge in [0.2, 0.25) is 0 Å². The Kier molecular flexibility index (Phi) is 4.07. The van der Waals surface area contributed by atoms with Gasteiger partial charge >= 0.3 is 0 Å². The number of pyridine rings is 1. The van der Waals surface area contributed by atoms with Crippen LogP contribution in [0.4, 0.5) is 11.4 Å². The summed E-state index contributed by atoms with van der Waals surface area (Å²) < 4.78 is 0.840. The van der Waals surface area contributed by atoms with Crippen molar-refractivity contribution >= 4 is 44.8 Å². The molecule has 98 valence electrons. The van der Waals surface area contributed by atoms with Crippen LogP contribution in [-0.2, 0) is 0 Å². The molecule has 0 aliphatic rings. The molecule has 0 aliphatic carbocycles. The van der Waals surface area contributed by atoms with E-state index in [1.165, 1.54) is 6.20 Å². The summed E-state index contributed by atoms with van der Waals surface area (Å²) >= 11 is 9.33. The van der Waals surface area contributed by atoms with Crippen LogP contribution in [0.3, 0.4) is 0 Å². The second kappa shape index (κ2) is 5.59. The first-order valence-corrected chi connectivity index (χ1v) is 6.63. The van der Waals surface area contributed by atoms with E-state index >= 15 is 0 Å². The van der Waals surface area contributed by atoms with Gasteiger partial charge in [-0.05, 0) is 31.2 Å². The predicted molar refractivity (Wildman–Crippen MR) is 80.5 cm³/mol. The number of nitrogens with zero attached hydrogens (tertiary/aromatic N) is 1. The summed E-state index contributed by atoms with van der Waals surface area (Å²) in [7, 11) is 0. The lowest BCUT2D eigenvalue weighted by atomic mass is 10.2. The molecule has 0 aliphatic heterocycles. The highest BCUT2D eigenvalue weighted by Crippen LogP contribution is 2.26. The Morgan fingerprint density at radius 1 is 1.42 bits per heavy atom. The minimum absolute atomic E-state index is 0.324. The number of anilines is 2. The van der Waals surface area contributed by atoms with Crippen LogP contribution in [0.2, 0.25) is 5.02 Å². The summed E-state index contributed by atoms with van der Waals surface area (Å²) in [5, 5.41) is 3.15. The van der Waals surface area contributed by atoms with E-state index in [-0.39, 0.29) is 5.91 Å². The van der Waals surface area contributed by atoms with Gasteiger partial charge in [-0.3, -0.25) is 9.78 Å². The fourth-order valence-corrected chi connectivity index (χ4v) is 2.27. The summed E-state index contributed by atoms with van der Waals surface area (Å²) in [6, 6.07) is 6.85. The van der Waals surface area contributed by atoms with Crippen LogP contribution in [0.15, 0.2) is 34.9 Å². The Morgan fingerprint density at radius 2 is 2.16 bits per heavy atom. The molecule has 0 fully saturated rings. The second-order valence-electron chi connectivity index (χ2n) is 3.99. The Morgan fingerprint density at radius 3 is 2.79 bits per heavy atom. The quantitative estimate of drug-likeness (QED) is 0.877. The first-order chi connectivity index (χ1) is 8.97. The van der Waals surface area contributed by atoms with Gasteiger partial charge in [-0.2, -0.15) is 0 Å². The van der Waals surface area contributed by atoms with E-state index < -0.39 is 0 Å². The molecule has 0 unspecified atom stereocenters. The molecular formula is C13H11BrClN3O. The van der Waals surface area contributed by atoms with E-state index in [2.05, 4.69) is 26.2 Å². The third kappa shape index (κ3) is 3.24. The average molecular weight is 341 g/mol. The number of hydrogen-bond acceptors (Lipinski definition) is 3. The number of halogens is 2. The molecule has 0 radical (unpaired) electrons. The van der Waals surface area contributed by atoms with Crippen molar-refractivity contribution in [2.45, 2.75) is 6.92 Å². The van der Waals surface area contributed by atoms with Gasteiger partial charge in [-0.25, -0.2) is 0 Å². The fourth-order valence-electron chi connectivity index (χ4n) is 1.55. The number of nitrogen functional groups attached to an aromatic ring is 1. The van der Waals surface area contributed by atoms with Gasteiger partial charge in [0.05, 0.1) is 16.3 Å². The van der Waals surface area contributed by atoms with Crippen molar-refractivity contribution in [3.8, 4) is 0 Å². The third-order valence-electron chi connectivity index (χ3n) is 2.50. The predicted octanol–water partition coefficient (Wildman–Crippen LogP) is 3.64. The maximum atomic E-state index is 12.1. The number of benzene rings is 1. The number of aryl methyl sites for hydroxylation is 1. The maximum Gasteiger partial charge on any atom is 0.259 e. The Balaban J connectivity index is 2.25. The number of nitrogens with one attached hydrogen (secondary N) is 1. The molecule has 0 saturated heterocycles. The number of hydrogen-bond donors (Lipinski definition) is 2.